The topological polar surface area (TPSA) is 76.1 Å². The van der Waals surface area contributed by atoms with Crippen LogP contribution in [0.2, 0.25) is 0 Å². The summed E-state index contributed by atoms with van der Waals surface area (Å²) in [4.78, 5) is 26.1. The zero-order valence-corrected chi connectivity index (χ0v) is 12.0. The van der Waals surface area contributed by atoms with Gasteiger partial charge in [-0.15, -0.1) is 11.8 Å². The van der Waals surface area contributed by atoms with E-state index in [0.717, 1.165) is 4.90 Å². The number of amides is 1. The molecule has 0 bridgehead atoms. The Kier molecular flexibility index (Phi) is 4.03. The third-order valence-corrected chi connectivity index (χ3v) is 4.60. The van der Waals surface area contributed by atoms with Gasteiger partial charge in [-0.25, -0.2) is 4.79 Å². The summed E-state index contributed by atoms with van der Waals surface area (Å²) >= 11 is 1.55. The van der Waals surface area contributed by atoms with Crippen molar-refractivity contribution in [3.05, 3.63) is 24.3 Å². The van der Waals surface area contributed by atoms with Crippen LogP contribution in [0.5, 0.6) is 5.75 Å². The number of ether oxygens (including phenoxy) is 2. The van der Waals surface area contributed by atoms with E-state index in [9.17, 15) is 14.7 Å². The Balaban J connectivity index is 1.75. The maximum Gasteiger partial charge on any atom is 0.328 e. The number of benzene rings is 1. The van der Waals surface area contributed by atoms with Gasteiger partial charge in [0.15, 0.2) is 12.1 Å². The first-order chi connectivity index (χ1) is 10.2. The number of thioether (sulfide) groups is 1. The highest BCUT2D eigenvalue weighted by atomic mass is 32.2. The molecule has 0 unspecified atom stereocenters. The number of carboxylic acids is 1. The standard InChI is InChI=1S/C14H15NO5S/c16-13(15-5-6-19-7-9(15)14(17)18)11-8-21-12-4-2-1-3-10(12)20-11/h1-4,9,11H,5-8H2,(H,17,18)/t9-,11-/m0/s1. The molecule has 2 atom stereocenters. The summed E-state index contributed by atoms with van der Waals surface area (Å²) < 4.78 is 10.9. The van der Waals surface area contributed by atoms with Crippen LogP contribution in [0.4, 0.5) is 0 Å². The van der Waals surface area contributed by atoms with Gasteiger partial charge in [0.1, 0.15) is 5.75 Å². The van der Waals surface area contributed by atoms with Crippen molar-refractivity contribution >= 4 is 23.6 Å². The van der Waals surface area contributed by atoms with Gasteiger partial charge in [-0.2, -0.15) is 0 Å². The molecule has 7 heteroatoms. The molecule has 0 spiro atoms. The zero-order valence-electron chi connectivity index (χ0n) is 11.2. The second kappa shape index (κ2) is 5.95. The Morgan fingerprint density at radius 2 is 2.14 bits per heavy atom. The molecule has 112 valence electrons. The number of carboxylic acid groups (broad SMARTS) is 1. The molecule has 1 fully saturated rings. The molecule has 6 nitrogen and oxygen atoms in total. The van der Waals surface area contributed by atoms with E-state index < -0.39 is 18.1 Å². The van der Waals surface area contributed by atoms with Crippen LogP contribution >= 0.6 is 11.8 Å². The van der Waals surface area contributed by atoms with E-state index in [2.05, 4.69) is 0 Å². The molecule has 0 saturated carbocycles. The number of rotatable bonds is 2. The van der Waals surface area contributed by atoms with Gasteiger partial charge in [0.25, 0.3) is 5.91 Å². The Morgan fingerprint density at radius 3 is 2.95 bits per heavy atom. The molecule has 1 saturated heterocycles. The molecular weight excluding hydrogens is 294 g/mol. The van der Waals surface area contributed by atoms with Crippen LogP contribution in [0.15, 0.2) is 29.2 Å². The van der Waals surface area contributed by atoms with E-state index in [4.69, 9.17) is 9.47 Å². The number of hydrogen-bond acceptors (Lipinski definition) is 5. The summed E-state index contributed by atoms with van der Waals surface area (Å²) in [5.74, 6) is -0.175. The van der Waals surface area contributed by atoms with Crippen LogP contribution in [-0.2, 0) is 14.3 Å². The molecule has 0 aromatic heterocycles. The van der Waals surface area contributed by atoms with Gasteiger partial charge in [0, 0.05) is 17.2 Å². The summed E-state index contributed by atoms with van der Waals surface area (Å²) in [6.45, 7) is 0.658. The smallest absolute Gasteiger partial charge is 0.328 e. The minimum atomic E-state index is -1.05. The molecule has 1 aromatic rings. The molecule has 2 aliphatic rings. The molecule has 1 aromatic carbocycles. The van der Waals surface area contributed by atoms with Gasteiger partial charge in [-0.1, -0.05) is 12.1 Å². The predicted molar refractivity (Wildman–Crippen MR) is 75.5 cm³/mol. The fourth-order valence-corrected chi connectivity index (χ4v) is 3.37. The quantitative estimate of drug-likeness (QED) is 0.873. The zero-order chi connectivity index (χ0) is 14.8. The number of carbonyl (C=O) groups is 2. The number of fused-ring (bicyclic) bond motifs is 1. The van der Waals surface area contributed by atoms with Gasteiger partial charge in [-0.05, 0) is 12.1 Å². The summed E-state index contributed by atoms with van der Waals surface area (Å²) in [7, 11) is 0. The van der Waals surface area contributed by atoms with Gasteiger partial charge >= 0.3 is 5.97 Å². The summed E-state index contributed by atoms with van der Waals surface area (Å²) in [6, 6.07) is 6.59. The summed E-state index contributed by atoms with van der Waals surface area (Å²) in [6.07, 6.45) is -0.648. The second-order valence-corrected chi connectivity index (χ2v) is 5.89. The SMILES string of the molecule is O=C(O)[C@@H]1COCCN1C(=O)[C@@H]1CSc2ccccc2O1. The van der Waals surface area contributed by atoms with Crippen molar-refractivity contribution in [3.8, 4) is 5.75 Å². The minimum Gasteiger partial charge on any atom is -0.480 e. The fraction of sp³-hybridized carbons (Fsp3) is 0.429. The van der Waals surface area contributed by atoms with Crippen molar-refractivity contribution in [2.75, 3.05) is 25.5 Å². The lowest BCUT2D eigenvalue weighted by atomic mass is 10.2. The second-order valence-electron chi connectivity index (χ2n) is 4.82. The van der Waals surface area contributed by atoms with Gasteiger partial charge in [0.05, 0.1) is 13.2 Å². The van der Waals surface area contributed by atoms with E-state index in [1.807, 2.05) is 24.3 Å². The van der Waals surface area contributed by atoms with Crippen molar-refractivity contribution in [3.63, 3.8) is 0 Å². The molecule has 0 radical (unpaired) electrons. The molecule has 2 heterocycles. The fourth-order valence-electron chi connectivity index (χ4n) is 2.40. The average molecular weight is 309 g/mol. The first-order valence-corrected chi connectivity index (χ1v) is 7.65. The minimum absolute atomic E-state index is 0.0253. The van der Waals surface area contributed by atoms with Crippen molar-refractivity contribution in [1.29, 1.82) is 0 Å². The molecule has 1 N–H and O–H groups in total. The molecule has 0 aliphatic carbocycles. The van der Waals surface area contributed by atoms with Gasteiger partial charge in [0.2, 0.25) is 0 Å². The monoisotopic (exact) mass is 309 g/mol. The van der Waals surface area contributed by atoms with Crippen LogP contribution in [0.25, 0.3) is 0 Å². The lowest BCUT2D eigenvalue weighted by molar-refractivity contribution is -0.161. The highest BCUT2D eigenvalue weighted by Gasteiger charge is 2.38. The van der Waals surface area contributed by atoms with Gasteiger partial charge in [-0.3, -0.25) is 4.79 Å². The number of hydrogen-bond donors (Lipinski definition) is 1. The third-order valence-electron chi connectivity index (χ3n) is 3.48. The Labute approximate surface area is 126 Å². The van der Waals surface area contributed by atoms with E-state index in [0.29, 0.717) is 18.1 Å². The Hall–Kier alpha value is -1.73. The summed E-state index contributed by atoms with van der Waals surface area (Å²) in [5, 5.41) is 9.19. The number of nitrogens with zero attached hydrogens (tertiary/aromatic N) is 1. The number of aliphatic carboxylic acids is 1. The Bertz CT molecular complexity index is 564. The predicted octanol–water partition coefficient (Wildman–Crippen LogP) is 0.852. The van der Waals surface area contributed by atoms with Crippen molar-refractivity contribution < 1.29 is 24.2 Å². The van der Waals surface area contributed by atoms with E-state index in [-0.39, 0.29) is 19.1 Å². The van der Waals surface area contributed by atoms with Crippen LogP contribution in [0.1, 0.15) is 0 Å². The molecule has 21 heavy (non-hydrogen) atoms. The highest BCUT2D eigenvalue weighted by molar-refractivity contribution is 7.99. The Morgan fingerprint density at radius 1 is 1.33 bits per heavy atom. The molecule has 3 rings (SSSR count). The van der Waals surface area contributed by atoms with Gasteiger partial charge < -0.3 is 19.5 Å². The molecule has 2 aliphatic heterocycles. The lowest BCUT2D eigenvalue weighted by Crippen LogP contribution is -2.56. The van der Waals surface area contributed by atoms with Crippen LogP contribution in [0, 0.1) is 0 Å². The third kappa shape index (κ3) is 2.84. The maximum absolute atomic E-state index is 12.5. The lowest BCUT2D eigenvalue weighted by Gasteiger charge is -2.36. The van der Waals surface area contributed by atoms with Crippen molar-refractivity contribution in [1.82, 2.24) is 4.90 Å². The van der Waals surface area contributed by atoms with Crippen molar-refractivity contribution in [2.24, 2.45) is 0 Å². The average Bonchev–Trinajstić information content (AvgIpc) is 2.53. The van der Waals surface area contributed by atoms with Crippen LogP contribution in [-0.4, -0.2) is 59.5 Å². The maximum atomic E-state index is 12.5. The largest absolute Gasteiger partial charge is 0.480 e. The molecule has 1 amide bonds. The first kappa shape index (κ1) is 14.2. The van der Waals surface area contributed by atoms with Crippen molar-refractivity contribution in [2.45, 2.75) is 17.0 Å². The molecular formula is C14H15NO5S. The van der Waals surface area contributed by atoms with E-state index in [1.165, 1.54) is 4.90 Å². The van der Waals surface area contributed by atoms with Crippen LogP contribution in [0.3, 0.4) is 0 Å². The number of carbonyl (C=O) groups excluding carboxylic acids is 1. The number of morpholine rings is 1. The highest BCUT2D eigenvalue weighted by Crippen LogP contribution is 2.35. The summed E-state index contributed by atoms with van der Waals surface area (Å²) in [5.41, 5.74) is 0. The van der Waals surface area contributed by atoms with Crippen LogP contribution < -0.4 is 4.74 Å². The van der Waals surface area contributed by atoms with E-state index in [1.54, 1.807) is 11.8 Å². The first-order valence-electron chi connectivity index (χ1n) is 6.66. The van der Waals surface area contributed by atoms with E-state index >= 15 is 0 Å². The normalized spacial score (nSPS) is 24.9. The number of para-hydroxylation sites is 1.